The fraction of sp³-hybridized carbons (Fsp3) is 1.00. The van der Waals surface area contributed by atoms with Gasteiger partial charge in [0.15, 0.2) is 0 Å². The molecular weight excluding hydrogens is 140 g/mol. The summed E-state index contributed by atoms with van der Waals surface area (Å²) < 4.78 is 5.17. The summed E-state index contributed by atoms with van der Waals surface area (Å²) in [4.78, 5) is 0. The summed E-state index contributed by atoms with van der Waals surface area (Å²) in [6.07, 6.45) is 3.84. The zero-order valence-corrected chi connectivity index (χ0v) is 7.68. The minimum atomic E-state index is -0.100. The van der Waals surface area contributed by atoms with E-state index in [0.29, 0.717) is 0 Å². The molecule has 0 aliphatic rings. The summed E-state index contributed by atoms with van der Waals surface area (Å²) in [7, 11) is 0. The molecule has 0 aliphatic carbocycles. The molecule has 2 heteroatoms. The van der Waals surface area contributed by atoms with Crippen LogP contribution in [-0.2, 0) is 4.74 Å². The van der Waals surface area contributed by atoms with E-state index >= 15 is 0 Å². The third-order valence-corrected chi connectivity index (χ3v) is 1.75. The van der Waals surface area contributed by atoms with Crippen molar-refractivity contribution in [3.63, 3.8) is 0 Å². The Labute approximate surface area is 69.6 Å². The Morgan fingerprint density at radius 1 is 1.27 bits per heavy atom. The van der Waals surface area contributed by atoms with Crippen molar-refractivity contribution in [2.24, 2.45) is 0 Å². The van der Waals surface area contributed by atoms with Crippen LogP contribution < -0.4 is 0 Å². The smallest absolute Gasteiger partial charge is 0.0537 e. The van der Waals surface area contributed by atoms with Crippen LogP contribution in [0.25, 0.3) is 0 Å². The fourth-order valence-corrected chi connectivity index (χ4v) is 0.933. The van der Waals surface area contributed by atoms with Gasteiger partial charge in [-0.15, -0.1) is 0 Å². The van der Waals surface area contributed by atoms with Crippen LogP contribution in [0.5, 0.6) is 0 Å². The maximum atomic E-state index is 9.17. The second kappa shape index (κ2) is 8.02. The van der Waals surface area contributed by atoms with Crippen LogP contribution in [0, 0.1) is 0 Å². The van der Waals surface area contributed by atoms with Crippen molar-refractivity contribution in [1.29, 1.82) is 0 Å². The van der Waals surface area contributed by atoms with E-state index in [1.165, 1.54) is 0 Å². The zero-order valence-electron chi connectivity index (χ0n) is 7.68. The number of rotatable bonds is 7. The predicted octanol–water partition coefficient (Wildman–Crippen LogP) is 1.96. The lowest BCUT2D eigenvalue weighted by atomic mass is 10.1. The largest absolute Gasteiger partial charge is 0.393 e. The Bertz CT molecular complexity index is 74.0. The standard InChI is InChI=1S/C9H20O2/c1-3-9(10)7-5-6-8-11-4-2/h9-10H,3-8H2,1-2H3. The van der Waals surface area contributed by atoms with Gasteiger partial charge in [-0.1, -0.05) is 6.92 Å². The lowest BCUT2D eigenvalue weighted by molar-refractivity contribution is 0.128. The van der Waals surface area contributed by atoms with Gasteiger partial charge in [0.1, 0.15) is 0 Å². The number of hydrogen-bond donors (Lipinski definition) is 1. The number of aliphatic hydroxyl groups excluding tert-OH is 1. The molecule has 0 aliphatic heterocycles. The van der Waals surface area contributed by atoms with Crippen molar-refractivity contribution < 1.29 is 9.84 Å². The molecular formula is C9H20O2. The zero-order chi connectivity index (χ0) is 8.53. The maximum absolute atomic E-state index is 9.17. The van der Waals surface area contributed by atoms with Crippen LogP contribution in [0.4, 0.5) is 0 Å². The average molecular weight is 160 g/mol. The quantitative estimate of drug-likeness (QED) is 0.577. The van der Waals surface area contributed by atoms with Crippen molar-refractivity contribution in [1.82, 2.24) is 0 Å². The van der Waals surface area contributed by atoms with Crippen LogP contribution in [0.1, 0.15) is 39.5 Å². The van der Waals surface area contributed by atoms with Gasteiger partial charge < -0.3 is 9.84 Å². The number of ether oxygens (including phenoxy) is 1. The highest BCUT2D eigenvalue weighted by Gasteiger charge is 1.98. The van der Waals surface area contributed by atoms with Gasteiger partial charge in [-0.2, -0.15) is 0 Å². The van der Waals surface area contributed by atoms with E-state index in [9.17, 15) is 5.11 Å². The van der Waals surface area contributed by atoms with E-state index in [1.807, 2.05) is 13.8 Å². The van der Waals surface area contributed by atoms with Crippen molar-refractivity contribution in [3.8, 4) is 0 Å². The van der Waals surface area contributed by atoms with Gasteiger partial charge in [0, 0.05) is 13.2 Å². The molecule has 68 valence electrons. The monoisotopic (exact) mass is 160 g/mol. The number of aliphatic hydroxyl groups is 1. The first-order valence-corrected chi connectivity index (χ1v) is 4.57. The molecule has 0 aromatic carbocycles. The van der Waals surface area contributed by atoms with E-state index in [1.54, 1.807) is 0 Å². The predicted molar refractivity (Wildman–Crippen MR) is 46.6 cm³/mol. The minimum Gasteiger partial charge on any atom is -0.393 e. The third-order valence-electron chi connectivity index (χ3n) is 1.75. The molecule has 0 saturated heterocycles. The van der Waals surface area contributed by atoms with Crippen molar-refractivity contribution in [2.75, 3.05) is 13.2 Å². The first kappa shape index (κ1) is 10.9. The first-order chi connectivity index (χ1) is 5.31. The van der Waals surface area contributed by atoms with E-state index in [0.717, 1.165) is 38.9 Å². The second-order valence-corrected chi connectivity index (χ2v) is 2.75. The molecule has 0 aromatic heterocycles. The van der Waals surface area contributed by atoms with Crippen LogP contribution in [0.15, 0.2) is 0 Å². The molecule has 0 bridgehead atoms. The Morgan fingerprint density at radius 3 is 2.55 bits per heavy atom. The molecule has 0 aromatic rings. The molecule has 0 amide bonds. The van der Waals surface area contributed by atoms with E-state index in [2.05, 4.69) is 0 Å². The summed E-state index contributed by atoms with van der Waals surface area (Å²) in [5.41, 5.74) is 0. The Balaban J connectivity index is 2.89. The lowest BCUT2D eigenvalue weighted by Crippen LogP contribution is -2.04. The molecule has 1 N–H and O–H groups in total. The molecule has 0 radical (unpaired) electrons. The molecule has 2 nitrogen and oxygen atoms in total. The van der Waals surface area contributed by atoms with E-state index in [-0.39, 0.29) is 6.10 Å². The second-order valence-electron chi connectivity index (χ2n) is 2.75. The Hall–Kier alpha value is -0.0800. The summed E-state index contributed by atoms with van der Waals surface area (Å²) in [6, 6.07) is 0. The maximum Gasteiger partial charge on any atom is 0.0537 e. The lowest BCUT2D eigenvalue weighted by Gasteiger charge is -2.06. The molecule has 11 heavy (non-hydrogen) atoms. The minimum absolute atomic E-state index is 0.100. The molecule has 1 unspecified atom stereocenters. The average Bonchev–Trinajstić information content (AvgIpc) is 2.04. The first-order valence-electron chi connectivity index (χ1n) is 4.57. The molecule has 0 fully saturated rings. The molecule has 0 saturated carbocycles. The van der Waals surface area contributed by atoms with Gasteiger partial charge in [-0.3, -0.25) is 0 Å². The summed E-state index contributed by atoms with van der Waals surface area (Å²) in [6.45, 7) is 5.65. The summed E-state index contributed by atoms with van der Waals surface area (Å²) in [5.74, 6) is 0. The molecule has 0 heterocycles. The number of hydrogen-bond acceptors (Lipinski definition) is 2. The molecule has 0 spiro atoms. The van der Waals surface area contributed by atoms with Gasteiger partial charge in [-0.25, -0.2) is 0 Å². The van der Waals surface area contributed by atoms with Gasteiger partial charge in [0.2, 0.25) is 0 Å². The Morgan fingerprint density at radius 2 is 2.00 bits per heavy atom. The van der Waals surface area contributed by atoms with Crippen molar-refractivity contribution in [3.05, 3.63) is 0 Å². The van der Waals surface area contributed by atoms with Gasteiger partial charge in [0.25, 0.3) is 0 Å². The van der Waals surface area contributed by atoms with E-state index in [4.69, 9.17) is 4.74 Å². The highest BCUT2D eigenvalue weighted by Crippen LogP contribution is 2.03. The summed E-state index contributed by atoms with van der Waals surface area (Å²) >= 11 is 0. The molecule has 1 atom stereocenters. The summed E-state index contributed by atoms with van der Waals surface area (Å²) in [5, 5.41) is 9.17. The van der Waals surface area contributed by atoms with Crippen LogP contribution in [-0.4, -0.2) is 24.4 Å². The van der Waals surface area contributed by atoms with Crippen LogP contribution in [0.3, 0.4) is 0 Å². The Kier molecular flexibility index (Phi) is 7.96. The van der Waals surface area contributed by atoms with Crippen LogP contribution in [0.2, 0.25) is 0 Å². The normalized spacial score (nSPS) is 13.4. The van der Waals surface area contributed by atoms with E-state index < -0.39 is 0 Å². The van der Waals surface area contributed by atoms with Gasteiger partial charge >= 0.3 is 0 Å². The van der Waals surface area contributed by atoms with Crippen LogP contribution >= 0.6 is 0 Å². The van der Waals surface area contributed by atoms with Crippen molar-refractivity contribution >= 4 is 0 Å². The third kappa shape index (κ3) is 7.82. The molecule has 0 rings (SSSR count). The van der Waals surface area contributed by atoms with Gasteiger partial charge in [-0.05, 0) is 32.6 Å². The fourth-order valence-electron chi connectivity index (χ4n) is 0.933. The highest BCUT2D eigenvalue weighted by atomic mass is 16.5. The SMILES string of the molecule is CCOCCCCC(O)CC. The van der Waals surface area contributed by atoms with Gasteiger partial charge in [0.05, 0.1) is 6.10 Å². The number of unbranched alkanes of at least 4 members (excludes halogenated alkanes) is 1. The topological polar surface area (TPSA) is 29.5 Å². The highest BCUT2D eigenvalue weighted by molar-refractivity contribution is 4.51. The van der Waals surface area contributed by atoms with Crippen molar-refractivity contribution in [2.45, 2.75) is 45.6 Å².